The van der Waals surface area contributed by atoms with Gasteiger partial charge in [0.25, 0.3) is 0 Å². The lowest BCUT2D eigenvalue weighted by molar-refractivity contribution is -0.133. The van der Waals surface area contributed by atoms with Crippen molar-refractivity contribution in [2.24, 2.45) is 5.92 Å². The van der Waals surface area contributed by atoms with Crippen LogP contribution < -0.4 is 15.4 Å². The van der Waals surface area contributed by atoms with Crippen LogP contribution in [0, 0.1) is 26.7 Å². The summed E-state index contributed by atoms with van der Waals surface area (Å²) in [6.07, 6.45) is 3.20. The smallest absolute Gasteiger partial charge is 0.225 e. The SMILES string of the molecule is CNCC(O)COc1cccc(-c2nc(NC3CCN(C(=O)C4CC4)CC3)c(C)c(-c3c(C)noc3C)n2)c1. The van der Waals surface area contributed by atoms with Crippen LogP contribution >= 0.6 is 0 Å². The van der Waals surface area contributed by atoms with Crippen LogP contribution in [0.25, 0.3) is 22.6 Å². The van der Waals surface area contributed by atoms with Crippen molar-refractivity contribution in [3.8, 4) is 28.4 Å². The normalized spacial score (nSPS) is 16.8. The number of aromatic nitrogens is 3. The van der Waals surface area contributed by atoms with E-state index >= 15 is 0 Å². The second kappa shape index (κ2) is 11.7. The van der Waals surface area contributed by atoms with Gasteiger partial charge in [-0.1, -0.05) is 17.3 Å². The monoisotopic (exact) mass is 534 g/mol. The van der Waals surface area contributed by atoms with Gasteiger partial charge in [-0.2, -0.15) is 0 Å². The molecule has 5 rings (SSSR count). The Balaban J connectivity index is 1.42. The fourth-order valence-corrected chi connectivity index (χ4v) is 5.09. The Morgan fingerprint density at radius 3 is 2.62 bits per heavy atom. The summed E-state index contributed by atoms with van der Waals surface area (Å²) < 4.78 is 11.3. The summed E-state index contributed by atoms with van der Waals surface area (Å²) in [6.45, 7) is 7.97. The number of likely N-dealkylation sites (N-methyl/N-ethyl adjacent to an activating group) is 1. The third-order valence-electron chi connectivity index (χ3n) is 7.46. The van der Waals surface area contributed by atoms with Gasteiger partial charge in [0.05, 0.1) is 17.0 Å². The standard InChI is InChI=1S/C29H38N6O4/c1-17-26(25-18(2)34-39-19(25)3)32-28(21-6-5-7-24(14-21)38-16-23(36)15-30-4)33-27(17)31-22-10-12-35(13-11-22)29(37)20-8-9-20/h5-7,14,20,22-23,30,36H,8-13,15-16H2,1-4H3,(H,31,32,33). The van der Waals surface area contributed by atoms with Crippen molar-refractivity contribution in [2.45, 2.75) is 58.6 Å². The van der Waals surface area contributed by atoms with E-state index in [-0.39, 0.29) is 18.6 Å². The van der Waals surface area contributed by atoms with Crippen molar-refractivity contribution < 1.29 is 19.2 Å². The molecule has 1 aliphatic heterocycles. The van der Waals surface area contributed by atoms with E-state index in [9.17, 15) is 9.90 Å². The predicted octanol–water partition coefficient (Wildman–Crippen LogP) is 3.50. The van der Waals surface area contributed by atoms with E-state index in [4.69, 9.17) is 19.2 Å². The maximum absolute atomic E-state index is 12.5. The van der Waals surface area contributed by atoms with Crippen molar-refractivity contribution in [1.29, 1.82) is 0 Å². The molecule has 1 atom stereocenters. The molecule has 3 aromatic rings. The molecule has 2 aliphatic rings. The zero-order chi connectivity index (χ0) is 27.5. The van der Waals surface area contributed by atoms with Gasteiger partial charge < -0.3 is 29.9 Å². The summed E-state index contributed by atoms with van der Waals surface area (Å²) in [7, 11) is 1.79. The Morgan fingerprint density at radius 1 is 1.18 bits per heavy atom. The van der Waals surface area contributed by atoms with Crippen molar-refractivity contribution in [2.75, 3.05) is 38.6 Å². The van der Waals surface area contributed by atoms with E-state index in [2.05, 4.69) is 15.8 Å². The zero-order valence-electron chi connectivity index (χ0n) is 23.2. The maximum Gasteiger partial charge on any atom is 0.225 e. The molecule has 1 saturated carbocycles. The van der Waals surface area contributed by atoms with E-state index in [1.807, 2.05) is 49.9 Å². The lowest BCUT2D eigenvalue weighted by Crippen LogP contribution is -2.43. The number of carbonyl (C=O) groups excluding carboxylic acids is 1. The van der Waals surface area contributed by atoms with Crippen molar-refractivity contribution in [3.63, 3.8) is 0 Å². The number of ether oxygens (including phenoxy) is 1. The molecule has 208 valence electrons. The summed E-state index contributed by atoms with van der Waals surface area (Å²) in [5, 5.41) is 20.8. The largest absolute Gasteiger partial charge is 0.491 e. The van der Waals surface area contributed by atoms with E-state index in [1.54, 1.807) is 7.05 Å². The number of benzene rings is 1. The molecule has 0 radical (unpaired) electrons. The zero-order valence-corrected chi connectivity index (χ0v) is 23.2. The highest BCUT2D eigenvalue weighted by molar-refractivity contribution is 5.81. The Bertz CT molecular complexity index is 1290. The first-order chi connectivity index (χ1) is 18.8. The quantitative estimate of drug-likeness (QED) is 0.358. The van der Waals surface area contributed by atoms with Crippen LogP contribution in [0.4, 0.5) is 5.82 Å². The first-order valence-electron chi connectivity index (χ1n) is 13.8. The molecule has 2 fully saturated rings. The van der Waals surface area contributed by atoms with Crippen molar-refractivity contribution in [1.82, 2.24) is 25.3 Å². The number of aryl methyl sites for hydroxylation is 2. The Kier molecular flexibility index (Phi) is 8.13. The first-order valence-corrected chi connectivity index (χ1v) is 13.8. The number of hydrogen-bond donors (Lipinski definition) is 3. The van der Waals surface area contributed by atoms with E-state index in [0.29, 0.717) is 29.8 Å². The number of rotatable bonds is 10. The van der Waals surface area contributed by atoms with E-state index < -0.39 is 6.10 Å². The van der Waals surface area contributed by atoms with Gasteiger partial charge in [-0.25, -0.2) is 9.97 Å². The number of nitrogens with zero attached hydrogens (tertiary/aromatic N) is 4. The molecule has 10 heteroatoms. The lowest BCUT2D eigenvalue weighted by atomic mass is 10.0. The predicted molar refractivity (Wildman–Crippen MR) is 149 cm³/mol. The summed E-state index contributed by atoms with van der Waals surface area (Å²) in [5.41, 5.74) is 4.14. The van der Waals surface area contributed by atoms with Crippen molar-refractivity contribution in [3.05, 3.63) is 41.3 Å². The fraction of sp³-hybridized carbons (Fsp3) is 0.517. The minimum atomic E-state index is -0.609. The van der Waals surface area contributed by atoms with E-state index in [0.717, 1.165) is 72.7 Å². The Hall–Kier alpha value is -3.50. The number of anilines is 1. The molecule has 1 amide bonds. The van der Waals surface area contributed by atoms with Gasteiger partial charge in [0, 0.05) is 42.7 Å². The molecule has 1 aliphatic carbocycles. The average molecular weight is 535 g/mol. The number of nitrogens with one attached hydrogen (secondary N) is 2. The number of carbonyl (C=O) groups is 1. The molecule has 1 saturated heterocycles. The number of aliphatic hydroxyl groups is 1. The van der Waals surface area contributed by atoms with Crippen LogP contribution in [0.5, 0.6) is 5.75 Å². The summed E-state index contributed by atoms with van der Waals surface area (Å²) >= 11 is 0. The molecule has 0 spiro atoms. The lowest BCUT2D eigenvalue weighted by Gasteiger charge is -2.33. The Labute approximate surface area is 229 Å². The highest BCUT2D eigenvalue weighted by atomic mass is 16.5. The molecule has 10 nitrogen and oxygen atoms in total. The summed E-state index contributed by atoms with van der Waals surface area (Å²) in [5.74, 6) is 3.22. The van der Waals surface area contributed by atoms with Crippen LogP contribution in [0.3, 0.4) is 0 Å². The molecular formula is C29H38N6O4. The highest BCUT2D eigenvalue weighted by Gasteiger charge is 2.35. The number of piperidine rings is 1. The van der Waals surface area contributed by atoms with Gasteiger partial charge in [0.1, 0.15) is 30.0 Å². The fourth-order valence-electron chi connectivity index (χ4n) is 5.09. The second-order valence-electron chi connectivity index (χ2n) is 10.6. The van der Waals surface area contributed by atoms with Crippen molar-refractivity contribution >= 4 is 11.7 Å². The summed E-state index contributed by atoms with van der Waals surface area (Å²) in [4.78, 5) is 24.4. The van der Waals surface area contributed by atoms with Crippen LogP contribution in [0.2, 0.25) is 0 Å². The minimum Gasteiger partial charge on any atom is -0.491 e. The van der Waals surface area contributed by atoms with Gasteiger partial charge in [0.15, 0.2) is 5.82 Å². The minimum absolute atomic E-state index is 0.179. The molecule has 3 N–H and O–H groups in total. The molecular weight excluding hydrogens is 496 g/mol. The topological polar surface area (TPSA) is 126 Å². The van der Waals surface area contributed by atoms with Gasteiger partial charge >= 0.3 is 0 Å². The van der Waals surface area contributed by atoms with Gasteiger partial charge in [-0.05, 0) is 65.6 Å². The molecule has 1 aromatic carbocycles. The van der Waals surface area contributed by atoms with Gasteiger partial charge in [-0.15, -0.1) is 0 Å². The van der Waals surface area contributed by atoms with Crippen LogP contribution in [0.15, 0.2) is 28.8 Å². The van der Waals surface area contributed by atoms with Gasteiger partial charge in [-0.3, -0.25) is 4.79 Å². The molecule has 2 aromatic heterocycles. The Morgan fingerprint density at radius 2 is 1.95 bits per heavy atom. The number of aliphatic hydroxyl groups excluding tert-OH is 1. The molecule has 0 bridgehead atoms. The van der Waals surface area contributed by atoms with Crippen LogP contribution in [-0.2, 0) is 4.79 Å². The van der Waals surface area contributed by atoms with Gasteiger partial charge in [0.2, 0.25) is 5.91 Å². The summed E-state index contributed by atoms with van der Waals surface area (Å²) in [6, 6.07) is 7.79. The number of likely N-dealkylation sites (tertiary alicyclic amines) is 1. The van der Waals surface area contributed by atoms with Crippen LogP contribution in [0.1, 0.15) is 42.7 Å². The third-order valence-corrected chi connectivity index (χ3v) is 7.46. The highest BCUT2D eigenvalue weighted by Crippen LogP contribution is 2.35. The first kappa shape index (κ1) is 27.1. The van der Waals surface area contributed by atoms with E-state index in [1.165, 1.54) is 0 Å². The molecule has 1 unspecified atom stereocenters. The second-order valence-corrected chi connectivity index (χ2v) is 10.6. The number of amides is 1. The average Bonchev–Trinajstić information content (AvgIpc) is 3.74. The third kappa shape index (κ3) is 6.23. The maximum atomic E-state index is 12.5. The van der Waals surface area contributed by atoms with Crippen LogP contribution in [-0.4, -0.2) is 76.5 Å². The molecule has 3 heterocycles. The molecule has 39 heavy (non-hydrogen) atoms. The number of hydrogen-bond acceptors (Lipinski definition) is 9.